The zero-order valence-electron chi connectivity index (χ0n) is 26.8. The van der Waals surface area contributed by atoms with Gasteiger partial charge in [-0.1, -0.05) is 31.5 Å². The number of ether oxygens (including phenoxy) is 1. The van der Waals surface area contributed by atoms with Gasteiger partial charge >= 0.3 is 6.09 Å². The first-order valence-corrected chi connectivity index (χ1v) is 16.5. The molecule has 3 aliphatic rings. The van der Waals surface area contributed by atoms with E-state index in [9.17, 15) is 24.0 Å². The molecule has 254 valence electrons. The number of likely N-dealkylation sites (tertiary alicyclic amines) is 1. The Morgan fingerprint density at radius 2 is 1.68 bits per heavy atom. The van der Waals surface area contributed by atoms with Gasteiger partial charge in [0.1, 0.15) is 6.04 Å². The minimum atomic E-state index is -0.581. The van der Waals surface area contributed by atoms with Gasteiger partial charge in [-0.2, -0.15) is 5.10 Å². The molecule has 0 unspecified atom stereocenters. The van der Waals surface area contributed by atoms with Crippen molar-refractivity contribution in [3.63, 3.8) is 0 Å². The van der Waals surface area contributed by atoms with E-state index in [4.69, 9.17) is 9.57 Å². The zero-order chi connectivity index (χ0) is 33.2. The number of piperazine rings is 1. The highest BCUT2D eigenvalue weighted by Crippen LogP contribution is 2.23. The number of nitrogens with zero attached hydrogens (tertiary/aromatic N) is 5. The average molecular weight is 653 g/mol. The fourth-order valence-electron chi connectivity index (χ4n) is 5.64. The second-order valence-corrected chi connectivity index (χ2v) is 11.9. The van der Waals surface area contributed by atoms with Crippen molar-refractivity contribution in [2.24, 2.45) is 0 Å². The third kappa shape index (κ3) is 8.99. The summed E-state index contributed by atoms with van der Waals surface area (Å²) in [6, 6.07) is 10.1. The standard InChI is InChI=1S/C32H44N8O7/c1-2-3-14-33-32(45)47-38-18-16-37(17-19-38)27(41)21-34-30(43)25-20-29(40(36-25)24-11-5-4-6-12-24)46-22-28(42)39-15-8-13-26(39)31(44)35-23-9-7-10-23/h4-6,11-12,20,23,26H,2-3,7-10,13-19,21-22H2,1H3,(H,33,45)(H,34,43)(H,35,44)/t26-/m0/s1. The van der Waals surface area contributed by atoms with Crippen LogP contribution in [0.4, 0.5) is 4.79 Å². The van der Waals surface area contributed by atoms with Crippen molar-refractivity contribution in [2.45, 2.75) is 64.0 Å². The molecule has 3 fully saturated rings. The number of nitrogens with one attached hydrogen (secondary N) is 3. The summed E-state index contributed by atoms with van der Waals surface area (Å²) in [5.74, 6) is -1.13. The molecule has 47 heavy (non-hydrogen) atoms. The number of hydrogen-bond acceptors (Lipinski definition) is 9. The zero-order valence-corrected chi connectivity index (χ0v) is 26.8. The molecule has 3 heterocycles. The lowest BCUT2D eigenvalue weighted by atomic mass is 9.93. The minimum Gasteiger partial charge on any atom is -0.467 e. The predicted molar refractivity (Wildman–Crippen MR) is 169 cm³/mol. The number of hydroxylamine groups is 2. The topological polar surface area (TPSA) is 167 Å². The van der Waals surface area contributed by atoms with Crippen LogP contribution in [0.15, 0.2) is 36.4 Å². The number of carbonyl (C=O) groups is 5. The molecule has 15 heteroatoms. The number of para-hydroxylation sites is 1. The van der Waals surface area contributed by atoms with Crippen LogP contribution in [0.5, 0.6) is 5.88 Å². The molecule has 0 spiro atoms. The Balaban J connectivity index is 1.14. The molecule has 1 atom stereocenters. The molecule has 5 amide bonds. The molecule has 3 N–H and O–H groups in total. The van der Waals surface area contributed by atoms with E-state index in [1.54, 1.807) is 21.9 Å². The van der Waals surface area contributed by atoms with Gasteiger partial charge in [-0.05, 0) is 50.7 Å². The van der Waals surface area contributed by atoms with E-state index in [1.807, 2.05) is 25.1 Å². The van der Waals surface area contributed by atoms with Gasteiger partial charge in [-0.3, -0.25) is 19.2 Å². The van der Waals surface area contributed by atoms with E-state index in [-0.39, 0.29) is 48.5 Å². The summed E-state index contributed by atoms with van der Waals surface area (Å²) in [6.07, 6.45) is 5.70. The molecular formula is C32H44N8O7. The number of rotatable bonds is 13. The van der Waals surface area contributed by atoms with Crippen LogP contribution in [-0.2, 0) is 19.2 Å². The van der Waals surface area contributed by atoms with E-state index in [1.165, 1.54) is 15.8 Å². The van der Waals surface area contributed by atoms with Crippen molar-refractivity contribution in [1.29, 1.82) is 0 Å². The van der Waals surface area contributed by atoms with Crippen molar-refractivity contribution in [3.05, 3.63) is 42.1 Å². The summed E-state index contributed by atoms with van der Waals surface area (Å²) in [4.78, 5) is 72.2. The molecule has 1 aromatic heterocycles. The van der Waals surface area contributed by atoms with Crippen LogP contribution in [0.25, 0.3) is 5.69 Å². The molecule has 5 rings (SSSR count). The first-order chi connectivity index (χ1) is 22.8. The Morgan fingerprint density at radius 1 is 0.915 bits per heavy atom. The van der Waals surface area contributed by atoms with Crippen LogP contribution in [-0.4, -0.2) is 119 Å². The maximum atomic E-state index is 13.2. The molecule has 0 radical (unpaired) electrons. The Morgan fingerprint density at radius 3 is 2.38 bits per heavy atom. The number of aromatic nitrogens is 2. The molecule has 15 nitrogen and oxygen atoms in total. The Bertz CT molecular complexity index is 1410. The van der Waals surface area contributed by atoms with Gasteiger partial charge in [0.05, 0.1) is 25.3 Å². The largest absolute Gasteiger partial charge is 0.467 e. The van der Waals surface area contributed by atoms with Crippen LogP contribution >= 0.6 is 0 Å². The van der Waals surface area contributed by atoms with Crippen LogP contribution in [0, 0.1) is 0 Å². The lowest BCUT2D eigenvalue weighted by Crippen LogP contribution is -2.52. The second kappa shape index (κ2) is 16.3. The van der Waals surface area contributed by atoms with Gasteiger partial charge in [0.25, 0.3) is 11.8 Å². The molecular weight excluding hydrogens is 608 g/mol. The van der Waals surface area contributed by atoms with Crippen molar-refractivity contribution in [1.82, 2.24) is 40.6 Å². The molecule has 0 bridgehead atoms. The van der Waals surface area contributed by atoms with Gasteiger partial charge in [-0.15, -0.1) is 5.06 Å². The number of hydrogen-bond donors (Lipinski definition) is 3. The fraction of sp³-hybridized carbons (Fsp3) is 0.562. The first kappa shape index (κ1) is 33.7. The quantitative estimate of drug-likeness (QED) is 0.270. The highest BCUT2D eigenvalue weighted by molar-refractivity contribution is 5.95. The normalized spacial score (nSPS) is 18.3. The third-order valence-corrected chi connectivity index (χ3v) is 8.58. The van der Waals surface area contributed by atoms with Crippen LogP contribution in [0.2, 0.25) is 0 Å². The van der Waals surface area contributed by atoms with Gasteiger partial charge in [0.2, 0.25) is 17.7 Å². The monoisotopic (exact) mass is 652 g/mol. The van der Waals surface area contributed by atoms with E-state index in [0.29, 0.717) is 51.4 Å². The number of amides is 5. The molecule has 1 saturated carbocycles. The summed E-state index contributed by atoms with van der Waals surface area (Å²) in [6.45, 7) is 3.85. The average Bonchev–Trinajstić information content (AvgIpc) is 3.73. The van der Waals surface area contributed by atoms with Crippen molar-refractivity contribution in [2.75, 3.05) is 52.4 Å². The highest BCUT2D eigenvalue weighted by atomic mass is 16.7. The number of unbranched alkanes of at least 4 members (excludes halogenated alkanes) is 1. The van der Waals surface area contributed by atoms with Crippen LogP contribution < -0.4 is 20.7 Å². The Hall–Kier alpha value is -4.66. The SMILES string of the molecule is CCCCNC(=O)ON1CCN(C(=O)CNC(=O)c2cc(OCC(=O)N3CCC[C@H]3C(=O)NC3CCC3)n(-c3ccccc3)n2)CC1. The number of benzene rings is 1. The second-order valence-electron chi connectivity index (χ2n) is 11.9. The van der Waals surface area contributed by atoms with E-state index < -0.39 is 18.0 Å². The van der Waals surface area contributed by atoms with Crippen LogP contribution in [0.3, 0.4) is 0 Å². The molecule has 2 aliphatic heterocycles. The van der Waals surface area contributed by atoms with Gasteiger partial charge in [0, 0.05) is 38.3 Å². The first-order valence-electron chi connectivity index (χ1n) is 16.5. The maximum absolute atomic E-state index is 13.2. The minimum absolute atomic E-state index is 0.00957. The fourth-order valence-corrected chi connectivity index (χ4v) is 5.64. The number of carbonyl (C=O) groups excluding carboxylic acids is 5. The van der Waals surface area contributed by atoms with E-state index in [2.05, 4.69) is 21.0 Å². The van der Waals surface area contributed by atoms with Crippen LogP contribution in [0.1, 0.15) is 62.4 Å². The van der Waals surface area contributed by atoms with Crippen molar-refractivity contribution < 1.29 is 33.5 Å². The Kier molecular flexibility index (Phi) is 11.7. The summed E-state index contributed by atoms with van der Waals surface area (Å²) in [7, 11) is 0. The summed E-state index contributed by atoms with van der Waals surface area (Å²) >= 11 is 0. The highest BCUT2D eigenvalue weighted by Gasteiger charge is 2.36. The van der Waals surface area contributed by atoms with Gasteiger partial charge in [0.15, 0.2) is 12.3 Å². The summed E-state index contributed by atoms with van der Waals surface area (Å²) < 4.78 is 7.32. The molecule has 2 saturated heterocycles. The van der Waals surface area contributed by atoms with Crippen molar-refractivity contribution in [3.8, 4) is 11.6 Å². The summed E-state index contributed by atoms with van der Waals surface area (Å²) in [5, 5.41) is 14.3. The van der Waals surface area contributed by atoms with Gasteiger partial charge in [-0.25, -0.2) is 9.48 Å². The van der Waals surface area contributed by atoms with Gasteiger partial charge < -0.3 is 35.3 Å². The summed E-state index contributed by atoms with van der Waals surface area (Å²) in [5.41, 5.74) is 0.624. The predicted octanol–water partition coefficient (Wildman–Crippen LogP) is 1.23. The third-order valence-electron chi connectivity index (χ3n) is 8.58. The molecule has 1 aromatic carbocycles. The lowest BCUT2D eigenvalue weighted by Gasteiger charge is -2.33. The smallest absolute Gasteiger partial charge is 0.426 e. The lowest BCUT2D eigenvalue weighted by molar-refractivity contribution is -0.146. The molecule has 1 aliphatic carbocycles. The molecule has 2 aromatic rings. The van der Waals surface area contributed by atoms with Crippen molar-refractivity contribution >= 4 is 29.7 Å². The maximum Gasteiger partial charge on any atom is 0.426 e. The van der Waals surface area contributed by atoms with E-state index in [0.717, 1.165) is 38.5 Å². The van der Waals surface area contributed by atoms with E-state index >= 15 is 0 Å². The Labute approximate surface area is 273 Å².